The Hall–Kier alpha value is -0.710. The van der Waals surface area contributed by atoms with E-state index in [2.05, 4.69) is 4.40 Å². The van der Waals surface area contributed by atoms with E-state index >= 15 is 0 Å². The number of ether oxygens (including phenoxy) is 1. The van der Waals surface area contributed by atoms with Crippen LogP contribution in [0.4, 0.5) is 0 Å². The average Bonchev–Trinajstić information content (AvgIpc) is 2.86. The van der Waals surface area contributed by atoms with Crippen LogP contribution >= 0.6 is 0 Å². The summed E-state index contributed by atoms with van der Waals surface area (Å²) in [5.74, 6) is 0.204. The molecule has 1 rings (SSSR count). The van der Waals surface area contributed by atoms with Gasteiger partial charge in [-0.25, -0.2) is 4.21 Å². The zero-order valence-electron chi connectivity index (χ0n) is 13.1. The van der Waals surface area contributed by atoms with E-state index < -0.39 is 11.0 Å². The molecule has 1 unspecified atom stereocenters. The maximum Gasteiger partial charge on any atom is 0.306 e. The lowest BCUT2D eigenvalue weighted by Crippen LogP contribution is -2.23. The second-order valence-electron chi connectivity index (χ2n) is 6.23. The Morgan fingerprint density at radius 3 is 2.35 bits per heavy atom. The Morgan fingerprint density at radius 2 is 1.85 bits per heavy atom. The first-order valence-electron chi connectivity index (χ1n) is 7.49. The fourth-order valence-electron chi connectivity index (χ4n) is 2.29. The predicted octanol–water partition coefficient (Wildman–Crippen LogP) is 3.42. The van der Waals surface area contributed by atoms with Crippen LogP contribution in [0, 0.1) is 5.92 Å². The van der Waals surface area contributed by atoms with Crippen LogP contribution in [0.3, 0.4) is 0 Å². The first-order chi connectivity index (χ1) is 9.34. The van der Waals surface area contributed by atoms with E-state index in [1.807, 2.05) is 20.8 Å². The quantitative estimate of drug-likeness (QED) is 0.558. The van der Waals surface area contributed by atoms with Crippen molar-refractivity contribution in [2.75, 3.05) is 6.61 Å². The van der Waals surface area contributed by atoms with Gasteiger partial charge in [0.15, 0.2) is 0 Å². The van der Waals surface area contributed by atoms with Gasteiger partial charge in [-0.1, -0.05) is 12.8 Å². The molecule has 0 aromatic heterocycles. The third kappa shape index (κ3) is 5.73. The largest absolute Gasteiger partial charge is 0.466 e. The fourth-order valence-corrected chi connectivity index (χ4v) is 3.02. The van der Waals surface area contributed by atoms with Crippen LogP contribution in [-0.4, -0.2) is 27.2 Å². The summed E-state index contributed by atoms with van der Waals surface area (Å²) in [5, 5.41) is 0. The molecule has 0 saturated heterocycles. The summed E-state index contributed by atoms with van der Waals surface area (Å²) in [6.45, 7) is 7.97. The van der Waals surface area contributed by atoms with Gasteiger partial charge in [-0.15, -0.1) is 0 Å². The number of hydrogen-bond acceptors (Lipinski definition) is 3. The van der Waals surface area contributed by atoms with Crippen molar-refractivity contribution < 1.29 is 13.7 Å². The molecule has 0 aliphatic heterocycles. The van der Waals surface area contributed by atoms with Gasteiger partial charge in [-0.05, 0) is 52.9 Å². The van der Waals surface area contributed by atoms with Crippen LogP contribution in [0.25, 0.3) is 0 Å². The van der Waals surface area contributed by atoms with Crippen molar-refractivity contribution in [1.82, 2.24) is 0 Å². The summed E-state index contributed by atoms with van der Waals surface area (Å²) in [4.78, 5) is 11.5. The SMILES string of the molecule is CCOC(=O)CC/C(=N/S(=O)C(C)(C)C)C1CCCC1. The van der Waals surface area contributed by atoms with Crippen molar-refractivity contribution in [3.05, 3.63) is 0 Å². The van der Waals surface area contributed by atoms with Gasteiger partial charge in [0, 0.05) is 5.71 Å². The topological polar surface area (TPSA) is 55.7 Å². The van der Waals surface area contributed by atoms with Crippen LogP contribution in [0.5, 0.6) is 0 Å². The zero-order chi connectivity index (χ0) is 15.2. The van der Waals surface area contributed by atoms with Gasteiger partial charge in [-0.3, -0.25) is 4.79 Å². The van der Waals surface area contributed by atoms with Gasteiger partial charge < -0.3 is 4.74 Å². The molecule has 0 amide bonds. The van der Waals surface area contributed by atoms with Crippen LogP contribution in [0.1, 0.15) is 66.2 Å². The highest BCUT2D eigenvalue weighted by molar-refractivity contribution is 7.85. The minimum atomic E-state index is -1.25. The van der Waals surface area contributed by atoms with Crippen LogP contribution < -0.4 is 0 Å². The van der Waals surface area contributed by atoms with Crippen molar-refractivity contribution in [2.45, 2.75) is 71.0 Å². The highest BCUT2D eigenvalue weighted by Crippen LogP contribution is 2.29. The summed E-state index contributed by atoms with van der Waals surface area (Å²) in [7, 11) is -1.25. The molecule has 1 fully saturated rings. The lowest BCUT2D eigenvalue weighted by Gasteiger charge is -2.18. The van der Waals surface area contributed by atoms with E-state index in [9.17, 15) is 9.00 Å². The Bertz CT molecular complexity index is 379. The third-order valence-electron chi connectivity index (χ3n) is 3.44. The number of hydrogen-bond donors (Lipinski definition) is 0. The van der Waals surface area contributed by atoms with Crippen molar-refractivity contribution in [2.24, 2.45) is 10.3 Å². The third-order valence-corrected chi connectivity index (χ3v) is 4.89. The molecule has 0 spiro atoms. The molecule has 0 N–H and O–H groups in total. The maximum absolute atomic E-state index is 12.2. The van der Waals surface area contributed by atoms with Crippen molar-refractivity contribution in [1.29, 1.82) is 0 Å². The van der Waals surface area contributed by atoms with Gasteiger partial charge in [0.25, 0.3) is 0 Å². The smallest absolute Gasteiger partial charge is 0.306 e. The highest BCUT2D eigenvalue weighted by atomic mass is 32.2. The predicted molar refractivity (Wildman–Crippen MR) is 83.2 cm³/mol. The van der Waals surface area contributed by atoms with Gasteiger partial charge in [0.2, 0.25) is 0 Å². The molecule has 116 valence electrons. The molecule has 20 heavy (non-hydrogen) atoms. The number of nitrogens with zero attached hydrogens (tertiary/aromatic N) is 1. The number of esters is 1. The fraction of sp³-hybridized carbons (Fsp3) is 0.867. The molecular formula is C15H27NO3S. The maximum atomic E-state index is 12.2. The molecule has 0 radical (unpaired) electrons. The van der Waals surface area contributed by atoms with E-state index in [0.29, 0.717) is 25.4 Å². The van der Waals surface area contributed by atoms with E-state index in [4.69, 9.17) is 4.74 Å². The molecule has 0 heterocycles. The Kier molecular flexibility index (Phi) is 6.86. The van der Waals surface area contributed by atoms with Gasteiger partial charge in [0.05, 0.1) is 17.8 Å². The standard InChI is InChI=1S/C15H27NO3S/c1-5-19-14(17)11-10-13(12-8-6-7-9-12)16-20(18)15(2,3)4/h12H,5-11H2,1-4H3/b16-13-. The van der Waals surface area contributed by atoms with Gasteiger partial charge in [-0.2, -0.15) is 4.40 Å². The molecule has 1 atom stereocenters. The van der Waals surface area contributed by atoms with Crippen LogP contribution in [0.15, 0.2) is 4.40 Å². The van der Waals surface area contributed by atoms with Gasteiger partial charge >= 0.3 is 5.97 Å². The second kappa shape index (κ2) is 7.91. The summed E-state index contributed by atoms with van der Waals surface area (Å²) in [6, 6.07) is 0. The van der Waals surface area contributed by atoms with Crippen molar-refractivity contribution >= 4 is 22.7 Å². The first-order valence-corrected chi connectivity index (χ1v) is 8.60. The van der Waals surface area contributed by atoms with Gasteiger partial charge in [0.1, 0.15) is 11.0 Å². The molecule has 0 aromatic carbocycles. The minimum absolute atomic E-state index is 0.195. The van der Waals surface area contributed by atoms with Crippen molar-refractivity contribution in [3.63, 3.8) is 0 Å². The molecule has 0 bridgehead atoms. The zero-order valence-corrected chi connectivity index (χ0v) is 13.9. The van der Waals surface area contributed by atoms with E-state index in [1.54, 1.807) is 6.92 Å². The number of carbonyl (C=O) groups excluding carboxylic acids is 1. The van der Waals surface area contributed by atoms with Crippen LogP contribution in [0.2, 0.25) is 0 Å². The van der Waals surface area contributed by atoms with Crippen molar-refractivity contribution in [3.8, 4) is 0 Å². The average molecular weight is 301 g/mol. The summed E-state index contributed by atoms with van der Waals surface area (Å²) >= 11 is 0. The molecule has 1 aliphatic rings. The first kappa shape index (κ1) is 17.3. The second-order valence-corrected chi connectivity index (χ2v) is 8.14. The summed E-state index contributed by atoms with van der Waals surface area (Å²) < 4.78 is 21.3. The molecular weight excluding hydrogens is 274 g/mol. The molecule has 0 aromatic rings. The Labute approximate surface area is 125 Å². The minimum Gasteiger partial charge on any atom is -0.466 e. The molecule has 1 saturated carbocycles. The van der Waals surface area contributed by atoms with E-state index in [1.165, 1.54) is 12.8 Å². The normalized spacial score (nSPS) is 19.1. The molecule has 4 nitrogen and oxygen atoms in total. The number of carbonyl (C=O) groups is 1. The Morgan fingerprint density at radius 1 is 1.25 bits per heavy atom. The number of rotatable bonds is 6. The molecule has 5 heteroatoms. The monoisotopic (exact) mass is 301 g/mol. The van der Waals surface area contributed by atoms with E-state index in [-0.39, 0.29) is 10.7 Å². The lowest BCUT2D eigenvalue weighted by molar-refractivity contribution is -0.142. The summed E-state index contributed by atoms with van der Waals surface area (Å²) in [5.41, 5.74) is 0.948. The van der Waals surface area contributed by atoms with Crippen LogP contribution in [-0.2, 0) is 20.5 Å². The Balaban J connectivity index is 2.72. The van der Waals surface area contributed by atoms with E-state index in [0.717, 1.165) is 18.6 Å². The lowest BCUT2D eigenvalue weighted by atomic mass is 9.98. The molecule has 1 aliphatic carbocycles. The highest BCUT2D eigenvalue weighted by Gasteiger charge is 2.25. The summed E-state index contributed by atoms with van der Waals surface area (Å²) in [6.07, 6.45) is 5.51.